The van der Waals surface area contributed by atoms with Crippen molar-refractivity contribution in [3.63, 3.8) is 0 Å². The Hall–Kier alpha value is -9.64. The van der Waals surface area contributed by atoms with E-state index in [-0.39, 0.29) is 179 Å². The average molecular weight is 1420 g/mol. The smallest absolute Gasteiger partial charge is 0.245 e. The number of guanidine groups is 5. The monoisotopic (exact) mass is 1420 g/mol. The lowest BCUT2D eigenvalue weighted by Gasteiger charge is -2.30. The fourth-order valence-corrected chi connectivity index (χ4v) is 10.9. The predicted octanol–water partition coefficient (Wildman–Crippen LogP) is -10.4. The van der Waals surface area contributed by atoms with E-state index in [1.54, 1.807) is 0 Å². The summed E-state index contributed by atoms with van der Waals surface area (Å²) in [6.45, 7) is 3.47. The maximum Gasteiger partial charge on any atom is 0.245 e. The van der Waals surface area contributed by atoms with E-state index < -0.39 is 138 Å². The summed E-state index contributed by atoms with van der Waals surface area (Å²) in [5, 5.41) is 31.4. The molecule has 0 aromatic heterocycles. The molecule has 2 aliphatic heterocycles. The molecule has 0 bridgehead atoms. The molecule has 41 nitrogen and oxygen atoms in total. The molecule has 0 aliphatic carbocycles. The number of nitrogens with zero attached hydrogens (tertiary/aromatic N) is 7. The number of hydrogen-bond acceptors (Lipinski definition) is 20. The zero-order valence-electron chi connectivity index (χ0n) is 57.6. The molecule has 12 atom stereocenters. The molecule has 2 saturated heterocycles. The number of aliphatic hydroxyl groups excluding tert-OH is 1. The van der Waals surface area contributed by atoms with Crippen LogP contribution in [0.1, 0.15) is 142 Å². The van der Waals surface area contributed by atoms with Crippen LogP contribution in [0.15, 0.2) is 25.0 Å². The molecule has 0 unspecified atom stereocenters. The lowest BCUT2D eigenvalue weighted by atomic mass is 10.0. The quantitative estimate of drug-likeness (QED) is 0.0153. The van der Waals surface area contributed by atoms with Crippen LogP contribution in [-0.2, 0) is 52.7 Å². The molecule has 0 radical (unpaired) electrons. The van der Waals surface area contributed by atoms with E-state index in [9.17, 15) is 57.8 Å². The number of hydrogen-bond donors (Lipinski definition) is 23. The molecule has 37 N–H and O–H groups in total. The minimum Gasteiger partial charge on any atom is -0.391 e. The molecule has 41 heteroatoms. The van der Waals surface area contributed by atoms with E-state index in [1.165, 1.54) is 23.6 Å². The standard InChI is InChI=1S/C59H113N29O12/c1-32(79-46(92)36(16-7-25-74-55(64)65)85-52(98)42-22-13-31-88(42)54(100)43(62)33(2)89)45(91)80-37(17-8-26-75-56(66)67)48(94)83-39(19-10-28-77-58(70)71)50(96)84-38(18-9-27-76-57(68)69)49(95)81-34(14-3-5-23-60)47(93)82-35(15-4-6-24-61)51(97)86-40(20-11-29-78-59(72)73)53(99)87-30-12-21-41(87)44(63)90/h32-43,89H,3-31,60-62H2,1-2H3,(H2,63,90)(H,79,92)(H,80,91)(H,81,95)(H,82,93)(H,83,94)(H,84,96)(H,85,98)(H,86,97)(H4,64,65,74)(H4,66,67,75)(H4,68,69,76)(H4,70,71,77)(H4,72,73,78)/t32-,33+,34-,35-,36-,37-,38-,39-,40-,41-,42-,43-/m0/s1. The van der Waals surface area contributed by atoms with Crippen LogP contribution in [0.5, 0.6) is 0 Å². The highest BCUT2D eigenvalue weighted by Crippen LogP contribution is 2.22. The highest BCUT2D eigenvalue weighted by atomic mass is 16.3. The molecule has 0 aromatic carbocycles. The van der Waals surface area contributed by atoms with Gasteiger partial charge in [-0.05, 0) is 155 Å². The van der Waals surface area contributed by atoms with Gasteiger partial charge in [-0.1, -0.05) is 0 Å². The van der Waals surface area contributed by atoms with Crippen LogP contribution in [0, 0.1) is 0 Å². The van der Waals surface area contributed by atoms with E-state index in [0.29, 0.717) is 38.5 Å². The SMILES string of the molecule is C[C@H](NC(=O)[C@H](CCCN=C(N)N)NC(=O)[C@@H]1CCCN1C(=O)[C@@H](N)[C@@H](C)O)C(=O)N[C@@H](CCCN=C(N)N)C(=O)N[C@@H](CCCN=C(N)N)C(=O)N[C@@H](CCCN=C(N)N)C(=O)N[C@@H](CCCCN)C(=O)N[C@@H](CCCCN)C(=O)N[C@@H](CCCN=C(N)N)C(=O)N1CCC[C@H]1C(N)=O. The molecule has 566 valence electrons. The van der Waals surface area contributed by atoms with Crippen LogP contribution in [0.4, 0.5) is 0 Å². The molecule has 2 rings (SSSR count). The van der Waals surface area contributed by atoms with Crippen LogP contribution in [0.25, 0.3) is 0 Å². The van der Waals surface area contributed by atoms with Crippen molar-refractivity contribution in [1.29, 1.82) is 0 Å². The van der Waals surface area contributed by atoms with Crippen molar-refractivity contribution >= 4 is 94.8 Å². The summed E-state index contributed by atoms with van der Waals surface area (Å²) in [4.78, 5) is 177. The van der Waals surface area contributed by atoms with Gasteiger partial charge in [0.1, 0.15) is 66.5 Å². The summed E-state index contributed by atoms with van der Waals surface area (Å²) in [6.07, 6.45) is 1.69. The second-order valence-electron chi connectivity index (χ2n) is 24.5. The van der Waals surface area contributed by atoms with Gasteiger partial charge in [0.25, 0.3) is 0 Å². The normalized spacial score (nSPS) is 17.0. The minimum absolute atomic E-state index is 0.0224. The first-order valence-electron chi connectivity index (χ1n) is 33.8. The van der Waals surface area contributed by atoms with Gasteiger partial charge in [0, 0.05) is 45.8 Å². The molecule has 2 fully saturated rings. The van der Waals surface area contributed by atoms with E-state index in [4.69, 9.17) is 80.3 Å². The van der Waals surface area contributed by atoms with Crippen LogP contribution < -0.4 is 123 Å². The van der Waals surface area contributed by atoms with Gasteiger partial charge in [0.2, 0.25) is 65.0 Å². The van der Waals surface area contributed by atoms with Crippen molar-refractivity contribution in [2.75, 3.05) is 58.9 Å². The molecule has 11 amide bonds. The van der Waals surface area contributed by atoms with Crippen LogP contribution >= 0.6 is 0 Å². The Kier molecular flexibility index (Phi) is 40.3. The van der Waals surface area contributed by atoms with Gasteiger partial charge in [-0.3, -0.25) is 77.7 Å². The highest BCUT2D eigenvalue weighted by Gasteiger charge is 2.41. The van der Waals surface area contributed by atoms with Gasteiger partial charge in [0.05, 0.1) is 6.10 Å². The summed E-state index contributed by atoms with van der Waals surface area (Å²) in [5.41, 5.74) is 78.9. The number of carbonyl (C=O) groups excluding carboxylic acids is 11. The third-order valence-corrected chi connectivity index (χ3v) is 16.3. The first-order chi connectivity index (χ1) is 47.3. The van der Waals surface area contributed by atoms with Crippen LogP contribution in [-0.4, -0.2) is 241 Å². The number of aliphatic imine (C=N–C) groups is 5. The van der Waals surface area contributed by atoms with Crippen molar-refractivity contribution in [2.24, 2.45) is 105 Å². The molecule has 0 spiro atoms. The lowest BCUT2D eigenvalue weighted by molar-refractivity contribution is -0.142. The zero-order valence-corrected chi connectivity index (χ0v) is 57.6. The van der Waals surface area contributed by atoms with E-state index in [0.717, 1.165) is 0 Å². The first kappa shape index (κ1) is 86.4. The van der Waals surface area contributed by atoms with Crippen molar-refractivity contribution in [3.8, 4) is 0 Å². The summed E-state index contributed by atoms with van der Waals surface area (Å²) in [7, 11) is 0. The van der Waals surface area contributed by atoms with Gasteiger partial charge >= 0.3 is 0 Å². The van der Waals surface area contributed by atoms with Crippen molar-refractivity contribution < 1.29 is 57.8 Å². The van der Waals surface area contributed by atoms with Crippen LogP contribution in [0.2, 0.25) is 0 Å². The van der Waals surface area contributed by atoms with Crippen molar-refractivity contribution in [3.05, 3.63) is 0 Å². The van der Waals surface area contributed by atoms with Crippen LogP contribution in [0.3, 0.4) is 0 Å². The van der Waals surface area contributed by atoms with Gasteiger partial charge in [-0.25, -0.2) is 0 Å². The molecule has 0 aromatic rings. The van der Waals surface area contributed by atoms with Crippen molar-refractivity contribution in [2.45, 2.75) is 215 Å². The number of carbonyl (C=O) groups is 11. The number of likely N-dealkylation sites (tertiary alicyclic amines) is 2. The Balaban J connectivity index is 2.60. The Bertz CT molecular complexity index is 2820. The van der Waals surface area contributed by atoms with E-state index >= 15 is 0 Å². The molecule has 100 heavy (non-hydrogen) atoms. The van der Waals surface area contributed by atoms with E-state index in [1.807, 2.05) is 0 Å². The fraction of sp³-hybridized carbons (Fsp3) is 0.729. The largest absolute Gasteiger partial charge is 0.391 e. The van der Waals surface area contributed by atoms with E-state index in [2.05, 4.69) is 67.5 Å². The van der Waals surface area contributed by atoms with Gasteiger partial charge in [-0.2, -0.15) is 0 Å². The number of nitrogens with two attached hydrogens (primary N) is 14. The fourth-order valence-electron chi connectivity index (χ4n) is 10.9. The molecule has 2 heterocycles. The second-order valence-corrected chi connectivity index (χ2v) is 24.5. The zero-order chi connectivity index (χ0) is 75.0. The third kappa shape index (κ3) is 32.8. The Labute approximate surface area is 582 Å². The molecular weight excluding hydrogens is 1310 g/mol. The second kappa shape index (κ2) is 46.6. The third-order valence-electron chi connectivity index (χ3n) is 16.3. The molecule has 2 aliphatic rings. The number of primary amides is 1. The molecule has 0 saturated carbocycles. The maximum atomic E-state index is 14.8. The number of nitrogens with one attached hydrogen (secondary N) is 8. The molecular formula is C59H113N29O12. The summed E-state index contributed by atoms with van der Waals surface area (Å²) >= 11 is 0. The van der Waals surface area contributed by atoms with Gasteiger partial charge < -0.3 is 138 Å². The number of unbranched alkanes of at least 4 members (excludes halogenated alkanes) is 2. The topological polar surface area (TPSA) is 737 Å². The van der Waals surface area contributed by atoms with Gasteiger partial charge in [-0.15, -0.1) is 0 Å². The number of rotatable bonds is 48. The minimum atomic E-state index is -1.51. The first-order valence-corrected chi connectivity index (χ1v) is 33.8. The predicted molar refractivity (Wildman–Crippen MR) is 375 cm³/mol. The maximum absolute atomic E-state index is 14.8. The summed E-state index contributed by atoms with van der Waals surface area (Å²) in [6, 6.07) is -14.4. The number of aliphatic hydroxyl groups is 1. The highest BCUT2D eigenvalue weighted by molar-refractivity contribution is 5.99. The van der Waals surface area contributed by atoms with Gasteiger partial charge in [0.15, 0.2) is 29.8 Å². The summed E-state index contributed by atoms with van der Waals surface area (Å²) < 4.78 is 0. The van der Waals surface area contributed by atoms with Crippen molar-refractivity contribution in [1.82, 2.24) is 52.3 Å². The summed E-state index contributed by atoms with van der Waals surface area (Å²) in [5.74, 6) is -10.0. The Morgan fingerprint density at radius 1 is 0.380 bits per heavy atom. The Morgan fingerprint density at radius 2 is 0.660 bits per heavy atom. The Morgan fingerprint density at radius 3 is 0.980 bits per heavy atom. The average Bonchev–Trinajstić information content (AvgIpc) is 1.62. The lowest BCUT2D eigenvalue weighted by Crippen LogP contribution is -2.60. The number of amides is 11.